The molecule has 2 N–H and O–H groups in total. The second kappa shape index (κ2) is 8.35. The van der Waals surface area contributed by atoms with Crippen molar-refractivity contribution in [3.8, 4) is 0 Å². The van der Waals surface area contributed by atoms with Gasteiger partial charge >= 0.3 is 5.91 Å². The van der Waals surface area contributed by atoms with Gasteiger partial charge in [-0.3, -0.25) is 19.3 Å². The predicted octanol–water partition coefficient (Wildman–Crippen LogP) is 4.52. The first kappa shape index (κ1) is 23.1. The van der Waals surface area contributed by atoms with E-state index < -0.39 is 28.9 Å². The highest BCUT2D eigenvalue weighted by Gasteiger charge is 2.64. The molecule has 8 nitrogen and oxygen atoms in total. The van der Waals surface area contributed by atoms with Crippen LogP contribution in [0.2, 0.25) is 0 Å². The summed E-state index contributed by atoms with van der Waals surface area (Å²) in [6.45, 7) is 1.76. The monoisotopic (exact) mass is 554 g/mol. The van der Waals surface area contributed by atoms with Crippen LogP contribution in [0, 0.1) is 6.92 Å². The normalized spacial score (nSPS) is 20.1. The lowest BCUT2D eigenvalue weighted by molar-refractivity contribution is -0.132. The van der Waals surface area contributed by atoms with Crippen molar-refractivity contribution < 1.29 is 19.5 Å². The summed E-state index contributed by atoms with van der Waals surface area (Å²) in [6, 6.07) is 20.7. The molecule has 2 amide bonds. The molecule has 2 aliphatic heterocycles. The molecule has 3 heterocycles. The van der Waals surface area contributed by atoms with E-state index in [2.05, 4.69) is 26.2 Å². The number of amides is 2. The number of hydrogen-bond acceptors (Lipinski definition) is 6. The molecule has 1 aromatic heterocycles. The number of rotatable bonds is 3. The van der Waals surface area contributed by atoms with Crippen LogP contribution >= 0.6 is 15.9 Å². The molecule has 4 aromatic rings. The number of carbonyl (C=O) groups is 3. The van der Waals surface area contributed by atoms with Crippen molar-refractivity contribution in [3.63, 3.8) is 0 Å². The number of benzene rings is 3. The first-order chi connectivity index (χ1) is 17.8. The quantitative estimate of drug-likeness (QED) is 0.219. The van der Waals surface area contributed by atoms with Gasteiger partial charge in [0.05, 0.1) is 39.4 Å². The Hall–Kier alpha value is -4.37. The molecule has 1 atom stereocenters. The summed E-state index contributed by atoms with van der Waals surface area (Å²) in [5.74, 6) is -2.89. The summed E-state index contributed by atoms with van der Waals surface area (Å²) >= 11 is 3.36. The standard InChI is InChI=1S/C28H19BrN4O4/c1-15-21(31-19-7-3-2-6-18(19)30-15)14-28-23(24(34)16-10-12-17(29)13-11-16)25(35)26(36)33(28)22-9-5-4-8-20(22)32-27(28)37/h2-13,34H,14H2,1H3,(H,32,37)/b24-23-. The number of fused-ring (bicyclic) bond motifs is 4. The van der Waals surface area contributed by atoms with Crippen LogP contribution in [0.25, 0.3) is 16.8 Å². The van der Waals surface area contributed by atoms with E-state index in [1.54, 1.807) is 61.5 Å². The summed E-state index contributed by atoms with van der Waals surface area (Å²) in [5, 5.41) is 14.3. The van der Waals surface area contributed by atoms with E-state index in [1.807, 2.05) is 18.2 Å². The summed E-state index contributed by atoms with van der Waals surface area (Å²) in [7, 11) is 0. The highest BCUT2D eigenvalue weighted by Crippen LogP contribution is 2.48. The first-order valence-electron chi connectivity index (χ1n) is 11.5. The van der Waals surface area contributed by atoms with Crippen LogP contribution in [-0.2, 0) is 20.8 Å². The maximum absolute atomic E-state index is 14.0. The topological polar surface area (TPSA) is 112 Å². The predicted molar refractivity (Wildman–Crippen MR) is 142 cm³/mol. The molecule has 6 rings (SSSR count). The number of halogens is 1. The van der Waals surface area contributed by atoms with Gasteiger partial charge in [0.2, 0.25) is 0 Å². The third-order valence-electron chi connectivity index (χ3n) is 6.81. The van der Waals surface area contributed by atoms with E-state index in [1.165, 1.54) is 4.90 Å². The van der Waals surface area contributed by atoms with Crippen LogP contribution in [0.3, 0.4) is 0 Å². The number of nitrogens with one attached hydrogen (secondary N) is 1. The fourth-order valence-corrected chi connectivity index (χ4v) is 5.31. The largest absolute Gasteiger partial charge is 0.507 e. The number of ketones is 1. The Kier molecular flexibility index (Phi) is 5.20. The van der Waals surface area contributed by atoms with Crippen LogP contribution in [-0.4, -0.2) is 38.2 Å². The molecule has 1 unspecified atom stereocenters. The second-order valence-corrected chi connectivity index (χ2v) is 9.87. The number of hydrogen-bond donors (Lipinski definition) is 2. The average Bonchev–Trinajstić information content (AvgIpc) is 3.12. The molecule has 9 heteroatoms. The number of aliphatic hydroxyl groups excluding tert-OH is 1. The number of para-hydroxylation sites is 4. The van der Waals surface area contributed by atoms with Gasteiger partial charge in [0.1, 0.15) is 5.76 Å². The van der Waals surface area contributed by atoms with Crippen molar-refractivity contribution in [1.29, 1.82) is 0 Å². The minimum atomic E-state index is -1.87. The van der Waals surface area contributed by atoms with E-state index in [-0.39, 0.29) is 12.0 Å². The summed E-state index contributed by atoms with van der Waals surface area (Å²) < 4.78 is 0.769. The highest BCUT2D eigenvalue weighted by atomic mass is 79.9. The Balaban J connectivity index is 1.64. The molecule has 0 aliphatic carbocycles. The van der Waals surface area contributed by atoms with E-state index in [0.717, 1.165) is 4.47 Å². The molecular formula is C28H19BrN4O4. The Labute approximate surface area is 219 Å². The molecule has 1 fully saturated rings. The summed E-state index contributed by atoms with van der Waals surface area (Å²) in [6.07, 6.45) is -0.162. The number of anilines is 2. The van der Waals surface area contributed by atoms with Gasteiger partial charge in [-0.2, -0.15) is 0 Å². The number of aromatic nitrogens is 2. The van der Waals surface area contributed by atoms with Gasteiger partial charge in [0.15, 0.2) is 5.54 Å². The van der Waals surface area contributed by atoms with E-state index in [9.17, 15) is 19.5 Å². The van der Waals surface area contributed by atoms with E-state index >= 15 is 0 Å². The highest BCUT2D eigenvalue weighted by molar-refractivity contribution is 9.10. The molecule has 0 radical (unpaired) electrons. The van der Waals surface area contributed by atoms with E-state index in [0.29, 0.717) is 39.4 Å². The average molecular weight is 555 g/mol. The van der Waals surface area contributed by atoms with Gasteiger partial charge in [0.25, 0.3) is 11.7 Å². The van der Waals surface area contributed by atoms with Crippen LogP contribution in [0.4, 0.5) is 11.4 Å². The Bertz CT molecular complexity index is 1680. The molecule has 0 saturated carbocycles. The van der Waals surface area contributed by atoms with Crippen molar-refractivity contribution in [2.24, 2.45) is 0 Å². The van der Waals surface area contributed by atoms with Gasteiger partial charge in [-0.15, -0.1) is 0 Å². The van der Waals surface area contributed by atoms with Crippen molar-refractivity contribution >= 4 is 61.7 Å². The van der Waals surface area contributed by atoms with Crippen LogP contribution in [0.15, 0.2) is 82.8 Å². The second-order valence-electron chi connectivity index (χ2n) is 8.95. The summed E-state index contributed by atoms with van der Waals surface area (Å²) in [4.78, 5) is 51.7. The Morgan fingerprint density at radius 2 is 1.59 bits per heavy atom. The molecule has 1 saturated heterocycles. The SMILES string of the molecule is Cc1nc2ccccc2nc1CC12C(=O)Nc3ccccc3N1C(=O)C(=O)/C2=C(/O)c1ccc(Br)cc1. The van der Waals surface area contributed by atoms with Gasteiger partial charge in [-0.05, 0) is 43.3 Å². The summed E-state index contributed by atoms with van der Waals surface area (Å²) in [5.41, 5.74) is 1.18. The van der Waals surface area contributed by atoms with Gasteiger partial charge < -0.3 is 10.4 Å². The molecule has 0 bridgehead atoms. The van der Waals surface area contributed by atoms with Crippen molar-refractivity contribution in [2.75, 3.05) is 10.2 Å². The number of nitrogens with zero attached hydrogens (tertiary/aromatic N) is 3. The van der Waals surface area contributed by atoms with Crippen LogP contribution in [0.1, 0.15) is 17.0 Å². The smallest absolute Gasteiger partial charge is 0.300 e. The zero-order chi connectivity index (χ0) is 25.9. The number of Topliss-reactive ketones (excluding diaryl/α,β-unsaturated/α-hetero) is 1. The maximum atomic E-state index is 14.0. The number of carbonyl (C=O) groups excluding carboxylic acids is 3. The molecule has 182 valence electrons. The minimum absolute atomic E-state index is 0.162. The van der Waals surface area contributed by atoms with Gasteiger partial charge in [-0.25, -0.2) is 9.97 Å². The minimum Gasteiger partial charge on any atom is -0.507 e. The van der Waals surface area contributed by atoms with Gasteiger partial charge in [0, 0.05) is 16.5 Å². The Morgan fingerprint density at radius 1 is 0.946 bits per heavy atom. The van der Waals surface area contributed by atoms with Crippen LogP contribution < -0.4 is 10.2 Å². The molecule has 0 spiro atoms. The van der Waals surface area contributed by atoms with Crippen molar-refractivity contribution in [3.05, 3.63) is 99.8 Å². The molecule has 2 aliphatic rings. The Morgan fingerprint density at radius 3 is 2.32 bits per heavy atom. The van der Waals surface area contributed by atoms with E-state index in [4.69, 9.17) is 4.98 Å². The fraction of sp³-hybridized carbons (Fsp3) is 0.107. The first-order valence-corrected chi connectivity index (χ1v) is 12.3. The number of aryl methyl sites for hydroxylation is 1. The molecule has 37 heavy (non-hydrogen) atoms. The van der Waals surface area contributed by atoms with Gasteiger partial charge in [-0.1, -0.05) is 52.3 Å². The maximum Gasteiger partial charge on any atom is 0.300 e. The van der Waals surface area contributed by atoms with Crippen LogP contribution in [0.5, 0.6) is 0 Å². The zero-order valence-electron chi connectivity index (χ0n) is 19.5. The third-order valence-corrected chi connectivity index (χ3v) is 7.34. The van der Waals surface area contributed by atoms with Crippen molar-refractivity contribution in [2.45, 2.75) is 18.9 Å². The zero-order valence-corrected chi connectivity index (χ0v) is 21.1. The third kappa shape index (κ3) is 3.38. The lowest BCUT2D eigenvalue weighted by atomic mass is 9.80. The lowest BCUT2D eigenvalue weighted by Gasteiger charge is -2.41. The number of aliphatic hydroxyl groups is 1. The fourth-order valence-electron chi connectivity index (χ4n) is 5.05. The lowest BCUT2D eigenvalue weighted by Crippen LogP contribution is -2.60. The molecule has 3 aromatic carbocycles. The van der Waals surface area contributed by atoms with Crippen molar-refractivity contribution in [1.82, 2.24) is 9.97 Å². The molecular weight excluding hydrogens is 536 g/mol.